The van der Waals surface area contributed by atoms with E-state index in [4.69, 9.17) is 9.84 Å². The number of nitrogens with one attached hydrogen (secondary N) is 2. The molecule has 112 valence electrons. The van der Waals surface area contributed by atoms with Crippen molar-refractivity contribution in [2.75, 3.05) is 18.5 Å². The Morgan fingerprint density at radius 1 is 1.35 bits per heavy atom. The van der Waals surface area contributed by atoms with E-state index in [2.05, 4.69) is 24.5 Å². The molecule has 2 amide bonds. The van der Waals surface area contributed by atoms with Gasteiger partial charge in [0.25, 0.3) is 0 Å². The number of urea groups is 1. The molecule has 0 saturated heterocycles. The molecular formula is C15H24N2O3. The van der Waals surface area contributed by atoms with Crippen LogP contribution >= 0.6 is 0 Å². The normalized spacial score (nSPS) is 12.1. The lowest BCUT2D eigenvalue weighted by Crippen LogP contribution is -2.38. The number of rotatable bonds is 7. The van der Waals surface area contributed by atoms with Gasteiger partial charge in [-0.25, -0.2) is 4.79 Å². The van der Waals surface area contributed by atoms with Crippen molar-refractivity contribution in [1.82, 2.24) is 5.32 Å². The highest BCUT2D eigenvalue weighted by Gasteiger charge is 2.06. The number of benzene rings is 1. The van der Waals surface area contributed by atoms with Crippen LogP contribution in [0.1, 0.15) is 27.2 Å². The molecule has 0 radical (unpaired) electrons. The van der Waals surface area contributed by atoms with Gasteiger partial charge in [0.15, 0.2) is 0 Å². The molecule has 0 aromatic heterocycles. The van der Waals surface area contributed by atoms with E-state index in [1.165, 1.54) is 0 Å². The SMILES string of the molecule is CC(C)CCOc1cccc(NC(=O)N[C@@H](C)CO)c1. The zero-order chi connectivity index (χ0) is 15.0. The number of aliphatic hydroxyl groups excluding tert-OH is 1. The summed E-state index contributed by atoms with van der Waals surface area (Å²) >= 11 is 0. The number of carbonyl (C=O) groups is 1. The second-order valence-corrected chi connectivity index (χ2v) is 5.24. The van der Waals surface area contributed by atoms with E-state index in [1.54, 1.807) is 19.1 Å². The van der Waals surface area contributed by atoms with Gasteiger partial charge in [-0.3, -0.25) is 0 Å². The maximum absolute atomic E-state index is 11.6. The van der Waals surface area contributed by atoms with Crippen LogP contribution in [-0.2, 0) is 0 Å². The van der Waals surface area contributed by atoms with Crippen LogP contribution in [0.5, 0.6) is 5.75 Å². The molecule has 0 aliphatic heterocycles. The maximum Gasteiger partial charge on any atom is 0.319 e. The first-order valence-electron chi connectivity index (χ1n) is 6.92. The minimum atomic E-state index is -0.342. The molecule has 0 bridgehead atoms. The molecule has 1 aromatic rings. The minimum absolute atomic E-state index is 0.0915. The summed E-state index contributed by atoms with van der Waals surface area (Å²) in [4.78, 5) is 11.6. The topological polar surface area (TPSA) is 70.6 Å². The highest BCUT2D eigenvalue weighted by molar-refractivity contribution is 5.89. The predicted molar refractivity (Wildman–Crippen MR) is 80.1 cm³/mol. The van der Waals surface area contributed by atoms with Crippen molar-refractivity contribution in [2.24, 2.45) is 5.92 Å². The van der Waals surface area contributed by atoms with Crippen LogP contribution in [0.25, 0.3) is 0 Å². The van der Waals surface area contributed by atoms with E-state index >= 15 is 0 Å². The predicted octanol–water partition coefficient (Wildman–Crippen LogP) is 2.61. The van der Waals surface area contributed by atoms with Crippen molar-refractivity contribution < 1.29 is 14.6 Å². The molecule has 5 nitrogen and oxygen atoms in total. The van der Waals surface area contributed by atoms with Gasteiger partial charge in [0, 0.05) is 11.8 Å². The molecule has 1 rings (SSSR count). The van der Waals surface area contributed by atoms with Crippen LogP contribution in [0.2, 0.25) is 0 Å². The number of hydrogen-bond acceptors (Lipinski definition) is 3. The monoisotopic (exact) mass is 280 g/mol. The first kappa shape index (κ1) is 16.3. The molecule has 0 heterocycles. The summed E-state index contributed by atoms with van der Waals surface area (Å²) in [6, 6.07) is 6.64. The summed E-state index contributed by atoms with van der Waals surface area (Å²) in [6.45, 7) is 6.59. The van der Waals surface area contributed by atoms with E-state index in [0.29, 0.717) is 18.2 Å². The Bertz CT molecular complexity index is 421. The molecule has 0 spiro atoms. The maximum atomic E-state index is 11.6. The fourth-order valence-corrected chi connectivity index (χ4v) is 1.51. The van der Waals surface area contributed by atoms with E-state index in [9.17, 15) is 4.79 Å². The van der Waals surface area contributed by atoms with Gasteiger partial charge in [-0.05, 0) is 31.4 Å². The van der Waals surface area contributed by atoms with Gasteiger partial charge in [0.05, 0.1) is 19.3 Å². The fourth-order valence-electron chi connectivity index (χ4n) is 1.51. The van der Waals surface area contributed by atoms with Crippen molar-refractivity contribution >= 4 is 11.7 Å². The Hall–Kier alpha value is -1.75. The van der Waals surface area contributed by atoms with E-state index in [1.807, 2.05) is 12.1 Å². The summed E-state index contributed by atoms with van der Waals surface area (Å²) in [6.07, 6.45) is 0.992. The summed E-state index contributed by atoms with van der Waals surface area (Å²) in [5, 5.41) is 14.2. The van der Waals surface area contributed by atoms with E-state index in [0.717, 1.165) is 12.2 Å². The largest absolute Gasteiger partial charge is 0.494 e. The third kappa shape index (κ3) is 6.43. The van der Waals surface area contributed by atoms with Crippen LogP contribution in [0.4, 0.5) is 10.5 Å². The smallest absolute Gasteiger partial charge is 0.319 e. The average Bonchev–Trinajstić information content (AvgIpc) is 2.38. The molecule has 1 atom stereocenters. The number of anilines is 1. The summed E-state index contributed by atoms with van der Waals surface area (Å²) in [7, 11) is 0. The number of amides is 2. The second-order valence-electron chi connectivity index (χ2n) is 5.24. The molecule has 1 aromatic carbocycles. The third-order valence-corrected chi connectivity index (χ3v) is 2.71. The number of carbonyl (C=O) groups excluding carboxylic acids is 1. The zero-order valence-corrected chi connectivity index (χ0v) is 12.3. The summed E-state index contributed by atoms with van der Waals surface area (Å²) in [5.41, 5.74) is 0.662. The second kappa shape index (κ2) is 8.43. The van der Waals surface area contributed by atoms with Crippen LogP contribution in [0, 0.1) is 5.92 Å². The van der Waals surface area contributed by atoms with Crippen molar-refractivity contribution in [1.29, 1.82) is 0 Å². The molecule has 0 aliphatic carbocycles. The molecular weight excluding hydrogens is 256 g/mol. The van der Waals surface area contributed by atoms with Gasteiger partial charge in [0.2, 0.25) is 0 Å². The zero-order valence-electron chi connectivity index (χ0n) is 12.3. The lowest BCUT2D eigenvalue weighted by atomic mass is 10.1. The Balaban J connectivity index is 2.48. The van der Waals surface area contributed by atoms with Gasteiger partial charge in [-0.15, -0.1) is 0 Å². The Morgan fingerprint density at radius 2 is 2.10 bits per heavy atom. The molecule has 5 heteroatoms. The first-order chi connectivity index (χ1) is 9.51. The van der Waals surface area contributed by atoms with Crippen LogP contribution in [-0.4, -0.2) is 30.4 Å². The average molecular weight is 280 g/mol. The van der Waals surface area contributed by atoms with Gasteiger partial charge < -0.3 is 20.5 Å². The lowest BCUT2D eigenvalue weighted by Gasteiger charge is -2.13. The number of ether oxygens (including phenoxy) is 1. The Labute approximate surface area is 120 Å². The molecule has 0 aliphatic rings. The summed E-state index contributed by atoms with van der Waals surface area (Å²) < 4.78 is 5.63. The third-order valence-electron chi connectivity index (χ3n) is 2.71. The highest BCUT2D eigenvalue weighted by atomic mass is 16.5. The number of aliphatic hydroxyl groups is 1. The molecule has 0 saturated carbocycles. The van der Waals surface area contributed by atoms with E-state index < -0.39 is 0 Å². The lowest BCUT2D eigenvalue weighted by molar-refractivity contribution is 0.229. The van der Waals surface area contributed by atoms with Gasteiger partial charge in [0.1, 0.15) is 5.75 Å². The van der Waals surface area contributed by atoms with Gasteiger partial charge in [-0.2, -0.15) is 0 Å². The van der Waals surface area contributed by atoms with Gasteiger partial charge >= 0.3 is 6.03 Å². The fraction of sp³-hybridized carbons (Fsp3) is 0.533. The molecule has 3 N–H and O–H groups in total. The van der Waals surface area contributed by atoms with Crippen molar-refractivity contribution in [3.05, 3.63) is 24.3 Å². The molecule has 20 heavy (non-hydrogen) atoms. The van der Waals surface area contributed by atoms with Crippen molar-refractivity contribution in [3.63, 3.8) is 0 Å². The molecule has 0 unspecified atom stereocenters. The minimum Gasteiger partial charge on any atom is -0.494 e. The quantitative estimate of drug-likeness (QED) is 0.719. The molecule has 0 fully saturated rings. The standard InChI is InChI=1S/C15H24N2O3/c1-11(2)7-8-20-14-6-4-5-13(9-14)17-15(19)16-12(3)10-18/h4-6,9,11-12,18H,7-8,10H2,1-3H3,(H2,16,17,19)/t12-/m0/s1. The van der Waals surface area contributed by atoms with Crippen molar-refractivity contribution in [3.8, 4) is 5.75 Å². The van der Waals surface area contributed by atoms with Gasteiger partial charge in [-0.1, -0.05) is 19.9 Å². The Kier molecular flexibility index (Phi) is 6.87. The van der Waals surface area contributed by atoms with Crippen molar-refractivity contribution in [2.45, 2.75) is 33.2 Å². The van der Waals surface area contributed by atoms with E-state index in [-0.39, 0.29) is 18.7 Å². The summed E-state index contributed by atoms with van der Waals surface area (Å²) in [5.74, 6) is 1.33. The first-order valence-corrected chi connectivity index (χ1v) is 6.92. The Morgan fingerprint density at radius 3 is 2.75 bits per heavy atom. The highest BCUT2D eigenvalue weighted by Crippen LogP contribution is 2.18. The number of hydrogen-bond donors (Lipinski definition) is 3. The van der Waals surface area contributed by atoms with Crippen LogP contribution < -0.4 is 15.4 Å². The van der Waals surface area contributed by atoms with Crippen LogP contribution in [0.15, 0.2) is 24.3 Å². The van der Waals surface area contributed by atoms with Crippen LogP contribution in [0.3, 0.4) is 0 Å².